The minimum absolute atomic E-state index is 0.0522. The largest absolute Gasteiger partial charge is 0.322 e. The van der Waals surface area contributed by atoms with Gasteiger partial charge in [-0.15, -0.1) is 5.10 Å². The minimum Gasteiger partial charge on any atom is -0.322 e. The standard InChI is InChI=1S/C15H22N4/c1-4-7-19-15(10-17-18-19)14(16)9-13-6-5-11(2)12(3)8-13/h5-6,8,10,14H,4,7,9,16H2,1-3H3. The first-order chi connectivity index (χ1) is 9.11. The summed E-state index contributed by atoms with van der Waals surface area (Å²) in [6.45, 7) is 7.25. The maximum atomic E-state index is 6.29. The summed E-state index contributed by atoms with van der Waals surface area (Å²) in [6, 6.07) is 6.46. The lowest BCUT2D eigenvalue weighted by Crippen LogP contribution is -2.18. The normalized spacial score (nSPS) is 12.6. The van der Waals surface area contributed by atoms with Gasteiger partial charge in [0, 0.05) is 6.54 Å². The fraction of sp³-hybridized carbons (Fsp3) is 0.467. The molecule has 1 heterocycles. The van der Waals surface area contributed by atoms with Gasteiger partial charge < -0.3 is 5.73 Å². The lowest BCUT2D eigenvalue weighted by atomic mass is 10.00. The molecule has 1 aromatic heterocycles. The minimum atomic E-state index is -0.0522. The van der Waals surface area contributed by atoms with Crippen molar-refractivity contribution in [1.82, 2.24) is 15.0 Å². The van der Waals surface area contributed by atoms with Crippen molar-refractivity contribution >= 4 is 0 Å². The average molecular weight is 258 g/mol. The molecule has 1 atom stereocenters. The van der Waals surface area contributed by atoms with E-state index in [2.05, 4.69) is 49.3 Å². The molecular formula is C15H22N4. The fourth-order valence-electron chi connectivity index (χ4n) is 2.23. The van der Waals surface area contributed by atoms with Gasteiger partial charge in [-0.05, 0) is 43.4 Å². The van der Waals surface area contributed by atoms with E-state index in [0.717, 1.165) is 25.1 Å². The second kappa shape index (κ2) is 5.97. The monoisotopic (exact) mass is 258 g/mol. The van der Waals surface area contributed by atoms with Crippen LogP contribution in [-0.2, 0) is 13.0 Å². The van der Waals surface area contributed by atoms with Gasteiger partial charge in [-0.2, -0.15) is 0 Å². The number of nitrogens with two attached hydrogens (primary N) is 1. The number of aryl methyl sites for hydroxylation is 3. The Labute approximate surface area is 114 Å². The number of aromatic nitrogens is 3. The van der Waals surface area contributed by atoms with Crippen molar-refractivity contribution in [2.24, 2.45) is 5.73 Å². The van der Waals surface area contributed by atoms with Crippen molar-refractivity contribution in [3.05, 3.63) is 46.8 Å². The average Bonchev–Trinajstić information content (AvgIpc) is 2.83. The second-order valence-electron chi connectivity index (χ2n) is 5.11. The van der Waals surface area contributed by atoms with Crippen LogP contribution in [-0.4, -0.2) is 15.0 Å². The molecule has 1 unspecified atom stereocenters. The van der Waals surface area contributed by atoms with Gasteiger partial charge in [0.1, 0.15) is 0 Å². The molecule has 0 fully saturated rings. The van der Waals surface area contributed by atoms with Crippen molar-refractivity contribution < 1.29 is 0 Å². The van der Waals surface area contributed by atoms with Gasteiger partial charge in [-0.25, -0.2) is 4.68 Å². The molecule has 2 N–H and O–H groups in total. The Bertz CT molecular complexity index is 545. The third kappa shape index (κ3) is 3.20. The van der Waals surface area contributed by atoms with E-state index in [1.54, 1.807) is 6.20 Å². The quantitative estimate of drug-likeness (QED) is 0.896. The fourth-order valence-corrected chi connectivity index (χ4v) is 2.23. The van der Waals surface area contributed by atoms with Crippen LogP contribution in [0.25, 0.3) is 0 Å². The summed E-state index contributed by atoms with van der Waals surface area (Å²) < 4.78 is 1.91. The molecule has 4 nitrogen and oxygen atoms in total. The molecule has 0 spiro atoms. The molecule has 0 saturated carbocycles. The number of hydrogen-bond acceptors (Lipinski definition) is 3. The van der Waals surface area contributed by atoms with Gasteiger partial charge in [0.25, 0.3) is 0 Å². The molecule has 102 valence electrons. The van der Waals surface area contributed by atoms with Crippen LogP contribution < -0.4 is 5.73 Å². The zero-order valence-corrected chi connectivity index (χ0v) is 11.9. The van der Waals surface area contributed by atoms with E-state index in [1.165, 1.54) is 16.7 Å². The molecule has 19 heavy (non-hydrogen) atoms. The van der Waals surface area contributed by atoms with E-state index in [9.17, 15) is 0 Å². The molecule has 0 amide bonds. The van der Waals surface area contributed by atoms with Crippen molar-refractivity contribution in [2.45, 2.75) is 46.2 Å². The molecule has 2 rings (SSSR count). The lowest BCUT2D eigenvalue weighted by Gasteiger charge is -2.14. The predicted octanol–water partition coefficient (Wildman–Crippen LogP) is 2.55. The molecule has 1 aromatic carbocycles. The van der Waals surface area contributed by atoms with Crippen LogP contribution in [0.2, 0.25) is 0 Å². The Kier molecular flexibility index (Phi) is 4.32. The molecule has 0 aliphatic carbocycles. The second-order valence-corrected chi connectivity index (χ2v) is 5.11. The Morgan fingerprint density at radius 1 is 1.26 bits per heavy atom. The van der Waals surface area contributed by atoms with E-state index in [4.69, 9.17) is 5.73 Å². The molecular weight excluding hydrogens is 236 g/mol. The highest BCUT2D eigenvalue weighted by atomic mass is 15.4. The first kappa shape index (κ1) is 13.7. The Hall–Kier alpha value is -1.68. The highest BCUT2D eigenvalue weighted by Gasteiger charge is 2.13. The SMILES string of the molecule is CCCn1nncc1C(N)Cc1ccc(C)c(C)c1. The van der Waals surface area contributed by atoms with Crippen molar-refractivity contribution in [1.29, 1.82) is 0 Å². The van der Waals surface area contributed by atoms with Crippen LogP contribution in [0.15, 0.2) is 24.4 Å². The summed E-state index contributed by atoms with van der Waals surface area (Å²) in [5.74, 6) is 0. The van der Waals surface area contributed by atoms with E-state index in [0.29, 0.717) is 0 Å². The van der Waals surface area contributed by atoms with E-state index in [1.807, 2.05) is 4.68 Å². The van der Waals surface area contributed by atoms with Crippen LogP contribution >= 0.6 is 0 Å². The summed E-state index contributed by atoms with van der Waals surface area (Å²) >= 11 is 0. The zero-order chi connectivity index (χ0) is 13.8. The molecule has 2 aromatic rings. The Balaban J connectivity index is 2.13. The van der Waals surface area contributed by atoms with Gasteiger partial charge in [-0.1, -0.05) is 30.3 Å². The molecule has 4 heteroatoms. The van der Waals surface area contributed by atoms with Crippen molar-refractivity contribution in [2.75, 3.05) is 0 Å². The van der Waals surface area contributed by atoms with Crippen LogP contribution in [0, 0.1) is 13.8 Å². The Morgan fingerprint density at radius 2 is 2.05 bits per heavy atom. The summed E-state index contributed by atoms with van der Waals surface area (Å²) in [5, 5.41) is 8.06. The maximum Gasteiger partial charge on any atom is 0.0757 e. The summed E-state index contributed by atoms with van der Waals surface area (Å²) in [5.41, 5.74) is 11.2. The van der Waals surface area contributed by atoms with Crippen LogP contribution in [0.5, 0.6) is 0 Å². The molecule has 0 saturated heterocycles. The van der Waals surface area contributed by atoms with Gasteiger partial charge in [0.15, 0.2) is 0 Å². The van der Waals surface area contributed by atoms with Crippen molar-refractivity contribution in [3.63, 3.8) is 0 Å². The van der Waals surface area contributed by atoms with Crippen LogP contribution in [0.1, 0.15) is 41.8 Å². The zero-order valence-electron chi connectivity index (χ0n) is 11.9. The third-order valence-corrected chi connectivity index (χ3v) is 3.49. The van der Waals surface area contributed by atoms with E-state index in [-0.39, 0.29) is 6.04 Å². The topological polar surface area (TPSA) is 56.7 Å². The summed E-state index contributed by atoms with van der Waals surface area (Å²) in [4.78, 5) is 0. The van der Waals surface area contributed by atoms with Gasteiger partial charge in [0.2, 0.25) is 0 Å². The maximum absolute atomic E-state index is 6.29. The van der Waals surface area contributed by atoms with Crippen molar-refractivity contribution in [3.8, 4) is 0 Å². The molecule has 0 aliphatic heterocycles. The summed E-state index contributed by atoms with van der Waals surface area (Å²) in [7, 11) is 0. The Morgan fingerprint density at radius 3 is 2.74 bits per heavy atom. The molecule has 0 radical (unpaired) electrons. The first-order valence-electron chi connectivity index (χ1n) is 6.82. The summed E-state index contributed by atoms with van der Waals surface area (Å²) in [6.07, 6.45) is 3.63. The van der Waals surface area contributed by atoms with Gasteiger partial charge in [-0.3, -0.25) is 0 Å². The number of hydrogen-bond donors (Lipinski definition) is 1. The van der Waals surface area contributed by atoms with Gasteiger partial charge in [0.05, 0.1) is 17.9 Å². The highest BCUT2D eigenvalue weighted by Crippen LogP contribution is 2.17. The first-order valence-corrected chi connectivity index (χ1v) is 6.82. The van der Waals surface area contributed by atoms with Crippen LogP contribution in [0.3, 0.4) is 0 Å². The number of benzene rings is 1. The predicted molar refractivity (Wildman–Crippen MR) is 76.9 cm³/mol. The third-order valence-electron chi connectivity index (χ3n) is 3.49. The van der Waals surface area contributed by atoms with Gasteiger partial charge >= 0.3 is 0 Å². The van der Waals surface area contributed by atoms with E-state index >= 15 is 0 Å². The lowest BCUT2D eigenvalue weighted by molar-refractivity contribution is 0.525. The molecule has 0 aliphatic rings. The van der Waals surface area contributed by atoms with E-state index < -0.39 is 0 Å². The number of nitrogens with zero attached hydrogens (tertiary/aromatic N) is 3. The number of rotatable bonds is 5. The van der Waals surface area contributed by atoms with Crippen LogP contribution in [0.4, 0.5) is 0 Å². The smallest absolute Gasteiger partial charge is 0.0757 e. The molecule has 0 bridgehead atoms. The highest BCUT2D eigenvalue weighted by molar-refractivity contribution is 5.30.